The van der Waals surface area contributed by atoms with Crippen molar-refractivity contribution >= 4 is 5.69 Å². The Kier molecular flexibility index (Phi) is 6.73. The second-order valence-electron chi connectivity index (χ2n) is 4.85. The summed E-state index contributed by atoms with van der Waals surface area (Å²) in [5.74, 6) is 0. The molecular weight excluding hydrogens is 222 g/mol. The first-order valence-electron chi connectivity index (χ1n) is 7.09. The molecule has 0 amide bonds. The molecule has 0 fully saturated rings. The Labute approximate surface area is 112 Å². The minimum Gasteiger partial charge on any atom is -0.373 e. The summed E-state index contributed by atoms with van der Waals surface area (Å²) < 4.78 is 0. The first-order chi connectivity index (χ1) is 8.69. The molecule has 18 heavy (non-hydrogen) atoms. The number of nitrogens with one attached hydrogen (secondary N) is 1. The molecule has 0 aromatic carbocycles. The molecule has 0 aliphatic carbocycles. The molecule has 1 atom stereocenters. The van der Waals surface area contributed by atoms with Crippen LogP contribution in [0.5, 0.6) is 0 Å². The Balaban J connectivity index is 2.53. The molecule has 1 rings (SSSR count). The number of hydrogen-bond donors (Lipinski definition) is 1. The lowest BCUT2D eigenvalue weighted by molar-refractivity contribution is 0.583. The van der Waals surface area contributed by atoms with Gasteiger partial charge in [0.1, 0.15) is 0 Å². The van der Waals surface area contributed by atoms with Crippen molar-refractivity contribution in [2.24, 2.45) is 0 Å². The lowest BCUT2D eigenvalue weighted by atomic mass is 10.2. The summed E-state index contributed by atoms with van der Waals surface area (Å²) in [5.41, 5.74) is 2.32. The van der Waals surface area contributed by atoms with Crippen molar-refractivity contribution in [1.82, 2.24) is 10.3 Å². The maximum Gasteiger partial charge on any atom is 0.0572 e. The molecule has 0 spiro atoms. The highest BCUT2D eigenvalue weighted by Gasteiger charge is 2.06. The number of hydrogen-bond acceptors (Lipinski definition) is 3. The molecule has 1 heterocycles. The van der Waals surface area contributed by atoms with Gasteiger partial charge in [0.05, 0.1) is 17.6 Å². The van der Waals surface area contributed by atoms with Crippen LogP contribution in [0.25, 0.3) is 0 Å². The van der Waals surface area contributed by atoms with E-state index in [1.807, 2.05) is 6.20 Å². The van der Waals surface area contributed by atoms with Crippen LogP contribution in [0.4, 0.5) is 5.69 Å². The van der Waals surface area contributed by atoms with E-state index in [4.69, 9.17) is 0 Å². The van der Waals surface area contributed by atoms with Gasteiger partial charge in [0, 0.05) is 19.6 Å². The van der Waals surface area contributed by atoms with Gasteiger partial charge in [-0.3, -0.25) is 4.98 Å². The predicted molar refractivity (Wildman–Crippen MR) is 79.1 cm³/mol. The molecule has 0 aliphatic rings. The summed E-state index contributed by atoms with van der Waals surface area (Å²) in [6.07, 6.45) is 5.80. The monoisotopic (exact) mass is 249 g/mol. The van der Waals surface area contributed by atoms with Crippen molar-refractivity contribution in [1.29, 1.82) is 0 Å². The van der Waals surface area contributed by atoms with Crippen molar-refractivity contribution in [3.63, 3.8) is 0 Å². The largest absolute Gasteiger partial charge is 0.373 e. The maximum atomic E-state index is 4.54. The van der Waals surface area contributed by atoms with E-state index in [-0.39, 0.29) is 0 Å². The van der Waals surface area contributed by atoms with Gasteiger partial charge in [0.2, 0.25) is 0 Å². The summed E-state index contributed by atoms with van der Waals surface area (Å²) in [4.78, 5) is 6.82. The Morgan fingerprint density at radius 1 is 1.28 bits per heavy atom. The normalized spacial score (nSPS) is 12.4. The SMILES string of the molecule is CCCCCN(C)c1ccc(C(C)NCC)nc1. The van der Waals surface area contributed by atoms with Crippen LogP contribution in [-0.4, -0.2) is 25.1 Å². The van der Waals surface area contributed by atoms with Crippen molar-refractivity contribution in [3.05, 3.63) is 24.0 Å². The molecule has 0 saturated carbocycles. The predicted octanol–water partition coefficient (Wildman–Crippen LogP) is 3.38. The van der Waals surface area contributed by atoms with Crippen molar-refractivity contribution in [2.75, 3.05) is 25.0 Å². The Bertz CT molecular complexity index is 321. The highest BCUT2D eigenvalue weighted by molar-refractivity contribution is 5.43. The summed E-state index contributed by atoms with van der Waals surface area (Å²) in [6.45, 7) is 8.58. The number of nitrogens with zero attached hydrogens (tertiary/aromatic N) is 2. The maximum absolute atomic E-state index is 4.54. The van der Waals surface area contributed by atoms with Gasteiger partial charge in [0.15, 0.2) is 0 Å². The molecule has 0 radical (unpaired) electrons. The Hall–Kier alpha value is -1.09. The zero-order valence-corrected chi connectivity index (χ0v) is 12.2. The standard InChI is InChI=1S/C15H27N3/c1-5-7-8-11-18(4)14-9-10-15(17-12-14)13(3)16-6-2/h9-10,12-13,16H,5-8,11H2,1-4H3. The molecule has 1 unspecified atom stereocenters. The van der Waals surface area contributed by atoms with Crippen LogP contribution < -0.4 is 10.2 Å². The van der Waals surface area contributed by atoms with E-state index in [1.54, 1.807) is 0 Å². The molecule has 3 nitrogen and oxygen atoms in total. The molecule has 3 heteroatoms. The van der Waals surface area contributed by atoms with Gasteiger partial charge in [-0.25, -0.2) is 0 Å². The van der Waals surface area contributed by atoms with Gasteiger partial charge in [-0.15, -0.1) is 0 Å². The van der Waals surface area contributed by atoms with Crippen LogP contribution in [0, 0.1) is 0 Å². The fraction of sp³-hybridized carbons (Fsp3) is 0.667. The van der Waals surface area contributed by atoms with Crippen LogP contribution in [0.2, 0.25) is 0 Å². The van der Waals surface area contributed by atoms with E-state index in [0.717, 1.165) is 18.8 Å². The third-order valence-corrected chi connectivity index (χ3v) is 3.26. The van der Waals surface area contributed by atoms with Crippen molar-refractivity contribution < 1.29 is 0 Å². The second-order valence-corrected chi connectivity index (χ2v) is 4.85. The van der Waals surface area contributed by atoms with Crippen LogP contribution in [0.3, 0.4) is 0 Å². The number of pyridine rings is 1. The molecule has 0 bridgehead atoms. The Morgan fingerprint density at radius 2 is 2.06 bits per heavy atom. The van der Waals surface area contributed by atoms with Gasteiger partial charge >= 0.3 is 0 Å². The summed E-state index contributed by atoms with van der Waals surface area (Å²) in [6, 6.07) is 4.62. The van der Waals surface area contributed by atoms with Crippen LogP contribution in [-0.2, 0) is 0 Å². The lowest BCUT2D eigenvalue weighted by Crippen LogP contribution is -2.20. The quantitative estimate of drug-likeness (QED) is 0.716. The highest BCUT2D eigenvalue weighted by atomic mass is 15.1. The summed E-state index contributed by atoms with van der Waals surface area (Å²) >= 11 is 0. The van der Waals surface area contributed by atoms with E-state index in [9.17, 15) is 0 Å². The van der Waals surface area contributed by atoms with E-state index in [1.165, 1.54) is 24.9 Å². The first kappa shape index (κ1) is 15.0. The van der Waals surface area contributed by atoms with Gasteiger partial charge < -0.3 is 10.2 Å². The number of unbranched alkanes of at least 4 members (excludes halogenated alkanes) is 2. The smallest absolute Gasteiger partial charge is 0.0572 e. The van der Waals surface area contributed by atoms with Crippen LogP contribution in [0.1, 0.15) is 51.8 Å². The van der Waals surface area contributed by atoms with Gasteiger partial charge in [0.25, 0.3) is 0 Å². The van der Waals surface area contributed by atoms with E-state index in [2.05, 4.69) is 55.2 Å². The van der Waals surface area contributed by atoms with Gasteiger partial charge in [-0.2, -0.15) is 0 Å². The molecule has 0 aliphatic heterocycles. The average molecular weight is 249 g/mol. The molecular formula is C15H27N3. The number of aromatic nitrogens is 1. The zero-order chi connectivity index (χ0) is 13.4. The zero-order valence-electron chi connectivity index (χ0n) is 12.2. The molecule has 1 aromatic heterocycles. The minimum absolute atomic E-state index is 0.328. The summed E-state index contributed by atoms with van der Waals surface area (Å²) in [7, 11) is 2.14. The number of rotatable bonds is 8. The van der Waals surface area contributed by atoms with Gasteiger partial charge in [-0.1, -0.05) is 26.7 Å². The highest BCUT2D eigenvalue weighted by Crippen LogP contribution is 2.15. The fourth-order valence-corrected chi connectivity index (χ4v) is 2.02. The third kappa shape index (κ3) is 4.65. The van der Waals surface area contributed by atoms with E-state index >= 15 is 0 Å². The third-order valence-electron chi connectivity index (χ3n) is 3.26. The molecule has 0 saturated heterocycles. The molecule has 1 N–H and O–H groups in total. The minimum atomic E-state index is 0.328. The van der Waals surface area contributed by atoms with E-state index < -0.39 is 0 Å². The van der Waals surface area contributed by atoms with Crippen LogP contribution >= 0.6 is 0 Å². The molecule has 1 aromatic rings. The van der Waals surface area contributed by atoms with Crippen molar-refractivity contribution in [2.45, 2.75) is 46.1 Å². The Morgan fingerprint density at radius 3 is 2.61 bits per heavy atom. The van der Waals surface area contributed by atoms with E-state index in [0.29, 0.717) is 6.04 Å². The van der Waals surface area contributed by atoms with Gasteiger partial charge in [-0.05, 0) is 32.0 Å². The molecule has 102 valence electrons. The second kappa shape index (κ2) is 8.09. The topological polar surface area (TPSA) is 28.2 Å². The summed E-state index contributed by atoms with van der Waals surface area (Å²) in [5, 5.41) is 3.38. The van der Waals surface area contributed by atoms with Crippen molar-refractivity contribution in [3.8, 4) is 0 Å². The number of anilines is 1. The van der Waals surface area contributed by atoms with Crippen LogP contribution in [0.15, 0.2) is 18.3 Å². The first-order valence-corrected chi connectivity index (χ1v) is 7.09. The average Bonchev–Trinajstić information content (AvgIpc) is 2.39. The lowest BCUT2D eigenvalue weighted by Gasteiger charge is -2.19. The fourth-order valence-electron chi connectivity index (χ4n) is 2.02.